The molecule has 2 rings (SSSR count). The van der Waals surface area contributed by atoms with E-state index < -0.39 is 27.3 Å². The molecule has 0 spiro atoms. The summed E-state index contributed by atoms with van der Waals surface area (Å²) >= 11 is 0. The Balaban J connectivity index is 2.38. The van der Waals surface area contributed by atoms with Gasteiger partial charge in [0.15, 0.2) is 0 Å². The van der Waals surface area contributed by atoms with E-state index in [4.69, 9.17) is 4.74 Å². The van der Waals surface area contributed by atoms with Crippen molar-refractivity contribution in [2.75, 3.05) is 0 Å². The van der Waals surface area contributed by atoms with Gasteiger partial charge in [-0.15, -0.1) is 0 Å². The molecule has 1 heterocycles. The Hall–Kier alpha value is -1.28. The molecule has 1 atom stereocenters. The molecule has 0 N–H and O–H groups in total. The number of rotatable bonds is 2. The second-order valence-electron chi connectivity index (χ2n) is 5.12. The molecule has 1 aliphatic rings. The number of aryl methyl sites for hydroxylation is 1. The van der Waals surface area contributed by atoms with Crippen LogP contribution in [0.1, 0.15) is 25.0 Å². The number of para-hydroxylation sites is 1. The predicted molar refractivity (Wildman–Crippen MR) is 64.7 cm³/mol. The van der Waals surface area contributed by atoms with Crippen LogP contribution in [-0.4, -0.2) is 20.2 Å². The van der Waals surface area contributed by atoms with Gasteiger partial charge in [-0.2, -0.15) is 21.6 Å². The predicted octanol–water partition coefficient (Wildman–Crippen LogP) is 2.86. The van der Waals surface area contributed by atoms with Crippen molar-refractivity contribution in [1.82, 2.24) is 0 Å². The molecule has 1 unspecified atom stereocenters. The second kappa shape index (κ2) is 4.36. The fourth-order valence-corrected chi connectivity index (χ4v) is 2.63. The monoisotopic (exact) mass is 310 g/mol. The summed E-state index contributed by atoms with van der Waals surface area (Å²) in [6.45, 7) is 4.85. The Kier molecular flexibility index (Phi) is 3.29. The number of hydrogen-bond acceptors (Lipinski definition) is 4. The SMILES string of the molecule is Cc1cccc2c1OC(OS(=O)(=O)C(F)(F)F)C2(C)C. The van der Waals surface area contributed by atoms with E-state index in [0.717, 1.165) is 0 Å². The molecule has 20 heavy (non-hydrogen) atoms. The van der Waals surface area contributed by atoms with Crippen LogP contribution in [0.25, 0.3) is 0 Å². The molecule has 0 saturated carbocycles. The lowest BCUT2D eigenvalue weighted by molar-refractivity contribution is -0.0796. The number of hydrogen-bond donors (Lipinski definition) is 0. The van der Waals surface area contributed by atoms with Crippen LogP contribution in [-0.2, 0) is 19.7 Å². The summed E-state index contributed by atoms with van der Waals surface area (Å²) in [4.78, 5) is 0. The molecule has 0 saturated heterocycles. The highest BCUT2D eigenvalue weighted by Crippen LogP contribution is 2.46. The topological polar surface area (TPSA) is 52.6 Å². The van der Waals surface area contributed by atoms with E-state index in [1.807, 2.05) is 0 Å². The van der Waals surface area contributed by atoms with Crippen LogP contribution in [0.3, 0.4) is 0 Å². The second-order valence-corrected chi connectivity index (χ2v) is 6.68. The number of benzene rings is 1. The summed E-state index contributed by atoms with van der Waals surface area (Å²) < 4.78 is 68.9. The molecule has 1 aromatic carbocycles. The van der Waals surface area contributed by atoms with Gasteiger partial charge in [0, 0.05) is 5.56 Å². The van der Waals surface area contributed by atoms with Crippen LogP contribution in [0.4, 0.5) is 13.2 Å². The molecule has 112 valence electrons. The normalized spacial score (nSPS) is 21.4. The number of alkyl halides is 3. The number of ether oxygens (including phenoxy) is 1. The van der Waals surface area contributed by atoms with Crippen molar-refractivity contribution in [2.24, 2.45) is 0 Å². The van der Waals surface area contributed by atoms with Crippen LogP contribution >= 0.6 is 0 Å². The standard InChI is InChI=1S/C12H13F3O4S/c1-7-5-4-6-8-9(7)18-10(11(8,2)3)19-20(16,17)12(13,14)15/h4-6,10H,1-3H3. The molecule has 4 nitrogen and oxygen atoms in total. The van der Waals surface area contributed by atoms with E-state index in [2.05, 4.69) is 4.18 Å². The van der Waals surface area contributed by atoms with Crippen LogP contribution in [0.15, 0.2) is 18.2 Å². The van der Waals surface area contributed by atoms with E-state index in [1.165, 1.54) is 0 Å². The van der Waals surface area contributed by atoms with Crippen LogP contribution < -0.4 is 4.74 Å². The quantitative estimate of drug-likeness (QED) is 0.622. The lowest BCUT2D eigenvalue weighted by Crippen LogP contribution is -2.40. The van der Waals surface area contributed by atoms with Gasteiger partial charge in [-0.05, 0) is 26.3 Å². The van der Waals surface area contributed by atoms with E-state index in [0.29, 0.717) is 16.9 Å². The largest absolute Gasteiger partial charge is 0.523 e. The van der Waals surface area contributed by atoms with Gasteiger partial charge in [0.2, 0.25) is 6.29 Å². The van der Waals surface area contributed by atoms with Crippen LogP contribution in [0.2, 0.25) is 0 Å². The van der Waals surface area contributed by atoms with Gasteiger partial charge in [-0.3, -0.25) is 0 Å². The lowest BCUT2D eigenvalue weighted by Gasteiger charge is -2.25. The third-order valence-corrected chi connectivity index (χ3v) is 4.21. The maximum absolute atomic E-state index is 12.4. The minimum Gasteiger partial charge on any atom is -0.462 e. The Bertz CT molecular complexity index is 635. The maximum atomic E-state index is 12.4. The molecular weight excluding hydrogens is 297 g/mol. The van der Waals surface area contributed by atoms with Gasteiger partial charge in [0.25, 0.3) is 0 Å². The molecule has 0 radical (unpaired) electrons. The molecule has 0 bridgehead atoms. The van der Waals surface area contributed by atoms with E-state index >= 15 is 0 Å². The summed E-state index contributed by atoms with van der Waals surface area (Å²) in [5.74, 6) is 0.361. The first-order valence-corrected chi connectivity index (χ1v) is 7.14. The number of halogens is 3. The van der Waals surface area contributed by atoms with E-state index in [-0.39, 0.29) is 0 Å². The van der Waals surface area contributed by atoms with Gasteiger partial charge >= 0.3 is 15.6 Å². The molecule has 0 amide bonds. The van der Waals surface area contributed by atoms with Gasteiger partial charge in [0.1, 0.15) is 5.75 Å². The zero-order valence-corrected chi connectivity index (χ0v) is 11.8. The highest BCUT2D eigenvalue weighted by molar-refractivity contribution is 7.87. The van der Waals surface area contributed by atoms with Gasteiger partial charge in [-0.1, -0.05) is 18.2 Å². The fourth-order valence-electron chi connectivity index (χ4n) is 2.01. The first kappa shape index (κ1) is 15.1. The zero-order chi connectivity index (χ0) is 15.3. The zero-order valence-electron chi connectivity index (χ0n) is 11.0. The lowest BCUT2D eigenvalue weighted by atomic mass is 9.85. The molecule has 8 heteroatoms. The van der Waals surface area contributed by atoms with Crippen molar-refractivity contribution in [3.63, 3.8) is 0 Å². The summed E-state index contributed by atoms with van der Waals surface area (Å²) in [6, 6.07) is 5.11. The van der Waals surface area contributed by atoms with Crippen molar-refractivity contribution >= 4 is 10.1 Å². The Labute approximate surface area is 114 Å². The summed E-state index contributed by atoms with van der Waals surface area (Å²) in [5, 5.41) is 0. The molecule has 1 aliphatic heterocycles. The van der Waals surface area contributed by atoms with Crippen molar-refractivity contribution in [3.05, 3.63) is 29.3 Å². The van der Waals surface area contributed by atoms with Gasteiger partial charge < -0.3 is 4.74 Å². The molecule has 0 aliphatic carbocycles. The summed E-state index contributed by atoms with van der Waals surface area (Å²) in [6.07, 6.45) is -1.55. The Morgan fingerprint density at radius 1 is 1.30 bits per heavy atom. The minimum atomic E-state index is -5.71. The molecule has 0 fully saturated rings. The minimum absolute atomic E-state index is 0.361. The van der Waals surface area contributed by atoms with Crippen LogP contribution in [0, 0.1) is 6.92 Å². The molecular formula is C12H13F3O4S. The van der Waals surface area contributed by atoms with Crippen molar-refractivity contribution in [2.45, 2.75) is 38.0 Å². The van der Waals surface area contributed by atoms with Gasteiger partial charge in [-0.25, -0.2) is 4.18 Å². The Morgan fingerprint density at radius 2 is 1.90 bits per heavy atom. The Morgan fingerprint density at radius 3 is 2.40 bits per heavy atom. The maximum Gasteiger partial charge on any atom is 0.523 e. The summed E-state index contributed by atoms with van der Waals surface area (Å²) in [5.41, 5.74) is -5.18. The van der Waals surface area contributed by atoms with Crippen molar-refractivity contribution in [3.8, 4) is 5.75 Å². The average Bonchev–Trinajstić information content (AvgIpc) is 2.51. The third-order valence-electron chi connectivity index (χ3n) is 3.22. The third kappa shape index (κ3) is 2.26. The first-order chi connectivity index (χ1) is 8.97. The molecule has 0 aromatic heterocycles. The molecule has 1 aromatic rings. The fraction of sp³-hybridized carbons (Fsp3) is 0.500. The smallest absolute Gasteiger partial charge is 0.462 e. The van der Waals surface area contributed by atoms with Crippen molar-refractivity contribution in [1.29, 1.82) is 0 Å². The number of fused-ring (bicyclic) bond motifs is 1. The highest BCUT2D eigenvalue weighted by Gasteiger charge is 2.53. The van der Waals surface area contributed by atoms with E-state index in [1.54, 1.807) is 39.0 Å². The van der Waals surface area contributed by atoms with Crippen LogP contribution in [0.5, 0.6) is 5.75 Å². The van der Waals surface area contributed by atoms with E-state index in [9.17, 15) is 21.6 Å². The highest BCUT2D eigenvalue weighted by atomic mass is 32.2. The van der Waals surface area contributed by atoms with Crippen molar-refractivity contribution < 1.29 is 30.5 Å². The first-order valence-electron chi connectivity index (χ1n) is 5.73. The van der Waals surface area contributed by atoms with Gasteiger partial charge in [0.05, 0.1) is 5.41 Å². The average molecular weight is 310 g/mol. The summed E-state index contributed by atoms with van der Waals surface area (Å²) in [7, 11) is -5.71.